The molecule has 2 unspecified atom stereocenters. The lowest BCUT2D eigenvalue weighted by molar-refractivity contribution is 0.729. The molecule has 1 aromatic carbocycles. The molecule has 0 aromatic heterocycles. The molecule has 1 N–H and O–H groups in total. The Morgan fingerprint density at radius 1 is 1.38 bits per heavy atom. The molecule has 0 spiro atoms. The lowest BCUT2D eigenvalue weighted by atomic mass is 10.1. The quantitative estimate of drug-likeness (QED) is 0.805. The highest BCUT2D eigenvalue weighted by Crippen LogP contribution is 2.40. The Kier molecular flexibility index (Phi) is 3.11. The monoisotopic (exact) mass is 232 g/mol. The molecule has 16 heavy (non-hydrogen) atoms. The van der Waals surface area contributed by atoms with Gasteiger partial charge < -0.3 is 5.32 Å². The largest absolute Gasteiger partial charge is 0.381 e. The molecule has 2 nitrogen and oxygen atoms in total. The van der Waals surface area contributed by atoms with Crippen molar-refractivity contribution < 1.29 is 0 Å². The van der Waals surface area contributed by atoms with Crippen molar-refractivity contribution in [3.8, 4) is 6.07 Å². The number of hydrogen-bond donors (Lipinski definition) is 1. The molecule has 2 rings (SSSR count). The van der Waals surface area contributed by atoms with Crippen LogP contribution in [0.15, 0.2) is 17.0 Å². The van der Waals surface area contributed by atoms with Gasteiger partial charge in [0, 0.05) is 28.3 Å². The number of nitrogens with one attached hydrogen (secondary N) is 1. The summed E-state index contributed by atoms with van der Waals surface area (Å²) in [5.74, 6) is 0. The summed E-state index contributed by atoms with van der Waals surface area (Å²) in [6, 6.07) is 7.05. The van der Waals surface area contributed by atoms with Gasteiger partial charge in [0.25, 0.3) is 0 Å². The third-order valence-electron chi connectivity index (χ3n) is 3.11. The number of nitrogens with zero attached hydrogens (tertiary/aromatic N) is 1. The van der Waals surface area contributed by atoms with Crippen molar-refractivity contribution in [3.05, 3.63) is 23.3 Å². The molecule has 1 aliphatic heterocycles. The number of nitriles is 1. The lowest BCUT2D eigenvalue weighted by Gasteiger charge is -2.31. The number of hydrogen-bond acceptors (Lipinski definition) is 3. The second-order valence-electron chi connectivity index (χ2n) is 4.38. The minimum atomic E-state index is 0.360. The van der Waals surface area contributed by atoms with Crippen molar-refractivity contribution in [3.63, 3.8) is 0 Å². The van der Waals surface area contributed by atoms with Gasteiger partial charge in [0.05, 0.1) is 6.07 Å². The van der Waals surface area contributed by atoms with E-state index < -0.39 is 0 Å². The Bertz CT molecular complexity index is 448. The van der Waals surface area contributed by atoms with Gasteiger partial charge in [0.1, 0.15) is 0 Å². The number of aryl methyl sites for hydroxylation is 2. The van der Waals surface area contributed by atoms with Crippen LogP contribution in [0.5, 0.6) is 0 Å². The van der Waals surface area contributed by atoms with E-state index in [0.29, 0.717) is 17.7 Å². The molecule has 0 saturated heterocycles. The summed E-state index contributed by atoms with van der Waals surface area (Å²) in [5.41, 5.74) is 3.85. The van der Waals surface area contributed by atoms with Gasteiger partial charge in [-0.1, -0.05) is 0 Å². The average Bonchev–Trinajstić information content (AvgIpc) is 2.23. The molecule has 3 heteroatoms. The summed E-state index contributed by atoms with van der Waals surface area (Å²) in [4.78, 5) is 1.28. The highest BCUT2D eigenvalue weighted by molar-refractivity contribution is 8.00. The van der Waals surface area contributed by atoms with E-state index in [2.05, 4.69) is 44.3 Å². The summed E-state index contributed by atoms with van der Waals surface area (Å²) in [6.07, 6.45) is 0.602. The maximum atomic E-state index is 8.79. The summed E-state index contributed by atoms with van der Waals surface area (Å²) in [5, 5.41) is 12.6. The number of anilines is 1. The van der Waals surface area contributed by atoms with Crippen LogP contribution in [-0.4, -0.2) is 11.3 Å². The maximum Gasteiger partial charge on any atom is 0.0634 e. The number of rotatable bonds is 1. The normalized spacial score (nSPS) is 23.1. The highest BCUT2D eigenvalue weighted by Gasteiger charge is 2.25. The molecule has 1 heterocycles. The van der Waals surface area contributed by atoms with Gasteiger partial charge >= 0.3 is 0 Å². The first kappa shape index (κ1) is 11.3. The van der Waals surface area contributed by atoms with E-state index in [0.717, 1.165) is 0 Å². The molecule has 0 fully saturated rings. The predicted octanol–water partition coefficient (Wildman–Crippen LogP) is 3.49. The minimum Gasteiger partial charge on any atom is -0.381 e. The fraction of sp³-hybridized carbons (Fsp3) is 0.462. The van der Waals surface area contributed by atoms with Crippen LogP contribution in [0.4, 0.5) is 5.69 Å². The van der Waals surface area contributed by atoms with E-state index in [4.69, 9.17) is 5.26 Å². The van der Waals surface area contributed by atoms with Gasteiger partial charge in [-0.15, -0.1) is 11.8 Å². The highest BCUT2D eigenvalue weighted by atomic mass is 32.2. The first-order chi connectivity index (χ1) is 7.61. The lowest BCUT2D eigenvalue weighted by Crippen LogP contribution is -2.31. The summed E-state index contributed by atoms with van der Waals surface area (Å²) >= 11 is 1.83. The topological polar surface area (TPSA) is 35.8 Å². The number of benzene rings is 1. The third kappa shape index (κ3) is 2.03. The Hall–Kier alpha value is -1.14. The first-order valence-electron chi connectivity index (χ1n) is 5.53. The van der Waals surface area contributed by atoms with Gasteiger partial charge in [-0.25, -0.2) is 0 Å². The maximum absolute atomic E-state index is 8.79. The molecule has 0 saturated carbocycles. The van der Waals surface area contributed by atoms with E-state index in [9.17, 15) is 0 Å². The first-order valence-corrected chi connectivity index (χ1v) is 6.41. The fourth-order valence-corrected chi connectivity index (χ4v) is 3.16. The van der Waals surface area contributed by atoms with Crippen molar-refractivity contribution in [2.75, 3.05) is 5.32 Å². The molecule has 84 valence electrons. The van der Waals surface area contributed by atoms with Crippen molar-refractivity contribution in [1.82, 2.24) is 0 Å². The van der Waals surface area contributed by atoms with Crippen LogP contribution >= 0.6 is 11.8 Å². The van der Waals surface area contributed by atoms with Crippen LogP contribution in [0.25, 0.3) is 0 Å². The SMILES string of the molecule is Cc1cc2c(cc1C)SC(CC#N)C(C)N2. The van der Waals surface area contributed by atoms with Crippen molar-refractivity contribution >= 4 is 17.4 Å². The van der Waals surface area contributed by atoms with E-state index in [1.165, 1.54) is 21.7 Å². The summed E-state index contributed by atoms with van der Waals surface area (Å²) in [6.45, 7) is 6.41. The molecule has 0 radical (unpaired) electrons. The van der Waals surface area contributed by atoms with E-state index in [1.807, 2.05) is 11.8 Å². The van der Waals surface area contributed by atoms with Crippen LogP contribution in [0, 0.1) is 25.2 Å². The van der Waals surface area contributed by atoms with Crippen molar-refractivity contribution in [1.29, 1.82) is 5.26 Å². The van der Waals surface area contributed by atoms with Gasteiger partial charge in [-0.2, -0.15) is 5.26 Å². The zero-order valence-corrected chi connectivity index (χ0v) is 10.7. The Morgan fingerprint density at radius 2 is 2.06 bits per heavy atom. The zero-order valence-electron chi connectivity index (χ0n) is 9.87. The molecule has 0 aliphatic carbocycles. The predicted molar refractivity (Wildman–Crippen MR) is 68.9 cm³/mol. The Morgan fingerprint density at radius 3 is 2.75 bits per heavy atom. The summed E-state index contributed by atoms with van der Waals surface area (Å²) in [7, 11) is 0. The van der Waals surface area contributed by atoms with Gasteiger partial charge in [0.15, 0.2) is 0 Å². The van der Waals surface area contributed by atoms with Crippen LogP contribution in [0.2, 0.25) is 0 Å². The second kappa shape index (κ2) is 4.39. The van der Waals surface area contributed by atoms with E-state index in [1.54, 1.807) is 0 Å². The molecule has 0 amide bonds. The summed E-state index contributed by atoms with van der Waals surface area (Å²) < 4.78 is 0. The Labute approximate surface area is 101 Å². The van der Waals surface area contributed by atoms with Crippen molar-refractivity contribution in [2.45, 2.75) is 43.4 Å². The molecule has 0 bridgehead atoms. The molecular formula is C13H16N2S. The van der Waals surface area contributed by atoms with E-state index in [-0.39, 0.29) is 0 Å². The van der Waals surface area contributed by atoms with Crippen molar-refractivity contribution in [2.24, 2.45) is 0 Å². The van der Waals surface area contributed by atoms with Crippen LogP contribution in [-0.2, 0) is 0 Å². The van der Waals surface area contributed by atoms with Crippen LogP contribution in [0.1, 0.15) is 24.5 Å². The molecule has 2 atom stereocenters. The minimum absolute atomic E-state index is 0.360. The standard InChI is InChI=1S/C13H16N2S/c1-8-6-11-13(7-9(8)2)16-12(4-5-14)10(3)15-11/h6-7,10,12,15H,4H2,1-3H3. The molecule has 1 aliphatic rings. The van der Waals surface area contributed by atoms with Crippen LogP contribution < -0.4 is 5.32 Å². The molecular weight excluding hydrogens is 216 g/mol. The Balaban J connectivity index is 2.32. The van der Waals surface area contributed by atoms with Gasteiger partial charge in [-0.3, -0.25) is 0 Å². The third-order valence-corrected chi connectivity index (χ3v) is 4.58. The molecule has 1 aromatic rings. The average molecular weight is 232 g/mol. The van der Waals surface area contributed by atoms with E-state index >= 15 is 0 Å². The zero-order chi connectivity index (χ0) is 11.7. The number of fused-ring (bicyclic) bond motifs is 1. The smallest absolute Gasteiger partial charge is 0.0634 e. The van der Waals surface area contributed by atoms with Crippen LogP contribution in [0.3, 0.4) is 0 Å². The van der Waals surface area contributed by atoms with Gasteiger partial charge in [0.2, 0.25) is 0 Å². The van der Waals surface area contributed by atoms with Gasteiger partial charge in [-0.05, 0) is 44.0 Å². The fourth-order valence-electron chi connectivity index (χ4n) is 1.91. The second-order valence-corrected chi connectivity index (χ2v) is 5.67. The number of thioether (sulfide) groups is 1.